The van der Waals surface area contributed by atoms with Crippen molar-refractivity contribution in [1.82, 2.24) is 14.6 Å². The average Bonchev–Trinajstić information content (AvgIpc) is 3.17. The van der Waals surface area contributed by atoms with Crippen molar-refractivity contribution in [1.29, 1.82) is 0 Å². The number of aromatic nitrogens is 4. The fourth-order valence-corrected chi connectivity index (χ4v) is 5.05. The highest BCUT2D eigenvalue weighted by molar-refractivity contribution is 7.99. The molecule has 33 heavy (non-hydrogen) atoms. The molecule has 1 aliphatic heterocycles. The van der Waals surface area contributed by atoms with Gasteiger partial charge in [-0.05, 0) is 28.6 Å². The number of aromatic amines is 1. The molecule has 1 amide bonds. The minimum Gasteiger partial charge on any atom is -0.291 e. The first-order valence-corrected chi connectivity index (χ1v) is 11.6. The monoisotopic (exact) mass is 460 g/mol. The van der Waals surface area contributed by atoms with E-state index in [4.69, 9.17) is 5.10 Å². The quantitative estimate of drug-likeness (QED) is 0.374. The van der Waals surface area contributed by atoms with Crippen molar-refractivity contribution in [2.45, 2.75) is 32.1 Å². The molecule has 8 nitrogen and oxygen atoms in total. The van der Waals surface area contributed by atoms with Gasteiger partial charge in [0.15, 0.2) is 0 Å². The van der Waals surface area contributed by atoms with Gasteiger partial charge in [0.2, 0.25) is 17.0 Å². The number of rotatable bonds is 3. The fraction of sp³-hybridized carbons (Fsp3) is 0.208. The van der Waals surface area contributed by atoms with Gasteiger partial charge in [0.05, 0.1) is 22.3 Å². The van der Waals surface area contributed by atoms with Crippen molar-refractivity contribution in [3.63, 3.8) is 0 Å². The summed E-state index contributed by atoms with van der Waals surface area (Å²) in [4.78, 5) is 43.2. The predicted octanol–water partition coefficient (Wildman–Crippen LogP) is 3.36. The second-order valence-corrected chi connectivity index (χ2v) is 9.01. The molecule has 1 atom stereocenters. The maximum Gasteiger partial charge on any atom is 0.325 e. The van der Waals surface area contributed by atoms with Crippen LogP contribution in [0, 0.1) is 0 Å². The Kier molecular flexibility index (Phi) is 5.13. The van der Waals surface area contributed by atoms with Crippen LogP contribution >= 0.6 is 11.8 Å². The summed E-state index contributed by atoms with van der Waals surface area (Å²) in [6, 6.07) is 14.8. The smallest absolute Gasteiger partial charge is 0.291 e. The summed E-state index contributed by atoms with van der Waals surface area (Å²) in [5, 5.41) is 6.03. The van der Waals surface area contributed by atoms with Crippen molar-refractivity contribution in [2.24, 2.45) is 0 Å². The third-order valence-corrected chi connectivity index (χ3v) is 6.48. The molecule has 1 N–H and O–H groups in total. The first kappa shape index (κ1) is 21.1. The maximum atomic E-state index is 13.3. The zero-order chi connectivity index (χ0) is 23.3. The molecule has 0 aliphatic carbocycles. The Balaban J connectivity index is 1.90. The van der Waals surface area contributed by atoms with E-state index in [0.29, 0.717) is 27.7 Å². The Bertz CT molecular complexity index is 1490. The number of thioether (sulfide) groups is 1. The van der Waals surface area contributed by atoms with Gasteiger partial charge in [-0.15, -0.1) is 0 Å². The number of nitrogens with one attached hydrogen (secondary N) is 1. The van der Waals surface area contributed by atoms with Crippen molar-refractivity contribution in [2.75, 3.05) is 10.7 Å². The molecule has 5 rings (SSSR count). The molecule has 0 fully saturated rings. The van der Waals surface area contributed by atoms with Gasteiger partial charge in [-0.25, -0.2) is 4.90 Å². The number of fused-ring (bicyclic) bond motifs is 4. The van der Waals surface area contributed by atoms with Crippen LogP contribution in [0.5, 0.6) is 0 Å². The van der Waals surface area contributed by atoms with Crippen LogP contribution in [0.25, 0.3) is 22.2 Å². The van der Waals surface area contributed by atoms with E-state index in [-0.39, 0.29) is 17.4 Å². The first-order valence-electron chi connectivity index (χ1n) is 10.6. The number of para-hydroxylation sites is 2. The van der Waals surface area contributed by atoms with Gasteiger partial charge in [-0.2, -0.15) is 0 Å². The minimum atomic E-state index is -0.739. The zero-order valence-electron chi connectivity index (χ0n) is 18.4. The van der Waals surface area contributed by atoms with E-state index in [0.717, 1.165) is 16.7 Å². The van der Waals surface area contributed by atoms with E-state index < -0.39 is 6.17 Å². The van der Waals surface area contributed by atoms with Gasteiger partial charge in [0.1, 0.15) is 0 Å². The number of carbonyl (C=O) groups is 2. The number of carbonyl (C=O) groups excluding carboxylic acids is 2. The molecular weight excluding hydrogens is 438 g/mol. The van der Waals surface area contributed by atoms with E-state index in [1.807, 2.05) is 55.5 Å². The summed E-state index contributed by atoms with van der Waals surface area (Å²) in [7, 11) is 0. The van der Waals surface area contributed by atoms with Gasteiger partial charge in [0, 0.05) is 30.5 Å². The van der Waals surface area contributed by atoms with Crippen LogP contribution < -0.4 is 15.1 Å². The number of nitrogens with zero attached hydrogens (tertiary/aromatic N) is 4. The van der Waals surface area contributed by atoms with E-state index in [1.165, 1.54) is 25.6 Å². The Labute approximate surface area is 193 Å². The lowest BCUT2D eigenvalue weighted by Crippen LogP contribution is -2.60. The van der Waals surface area contributed by atoms with Crippen LogP contribution in [0.4, 0.5) is 5.69 Å². The first-order chi connectivity index (χ1) is 15.9. The summed E-state index contributed by atoms with van der Waals surface area (Å²) in [5.74, 6) is 0.384. The molecule has 0 bridgehead atoms. The molecular formula is C24H22N5O3S+. The molecule has 0 saturated heterocycles. The fourth-order valence-electron chi connectivity index (χ4n) is 4.47. The highest BCUT2D eigenvalue weighted by atomic mass is 32.2. The molecule has 1 aliphatic rings. The second kappa shape index (κ2) is 8.00. The number of H-pyrrole nitrogens is 1. The van der Waals surface area contributed by atoms with Gasteiger partial charge in [-0.1, -0.05) is 49.0 Å². The van der Waals surface area contributed by atoms with Crippen molar-refractivity contribution >= 4 is 40.2 Å². The lowest BCUT2D eigenvalue weighted by atomic mass is 10.0. The molecule has 0 unspecified atom stereocenters. The molecule has 0 spiro atoms. The van der Waals surface area contributed by atoms with Crippen molar-refractivity contribution < 1.29 is 14.3 Å². The lowest BCUT2D eigenvalue weighted by Gasteiger charge is -2.31. The number of hydrogen-bond acceptors (Lipinski definition) is 5. The number of hydrogen-bond donors (Lipinski definition) is 1. The maximum absolute atomic E-state index is 13.3. The summed E-state index contributed by atoms with van der Waals surface area (Å²) in [6.07, 6.45) is 1.00. The Morgan fingerprint density at radius 1 is 1.09 bits per heavy atom. The molecule has 2 aromatic carbocycles. The van der Waals surface area contributed by atoms with Gasteiger partial charge < -0.3 is 0 Å². The largest absolute Gasteiger partial charge is 0.325 e. The highest BCUT2D eigenvalue weighted by Gasteiger charge is 2.46. The molecule has 3 heterocycles. The SMILES string of the molecule is CCSc1n[n+]2c(c(=O)[nH]1)-c1ccccc1N(C(C)=O)[C@H]2c1cn(C(C)=O)c2ccccc12. The average molecular weight is 461 g/mol. The molecule has 2 aromatic heterocycles. The van der Waals surface area contributed by atoms with Crippen LogP contribution in [0.3, 0.4) is 0 Å². The zero-order valence-corrected chi connectivity index (χ0v) is 19.2. The molecule has 0 radical (unpaired) electrons. The van der Waals surface area contributed by atoms with Crippen LogP contribution in [-0.4, -0.2) is 32.2 Å². The van der Waals surface area contributed by atoms with Gasteiger partial charge >= 0.3 is 11.3 Å². The molecule has 4 aromatic rings. The third kappa shape index (κ3) is 3.27. The minimum absolute atomic E-state index is 0.144. The third-order valence-electron chi connectivity index (χ3n) is 5.74. The second-order valence-electron chi connectivity index (χ2n) is 7.76. The number of benzene rings is 2. The molecule has 0 saturated carbocycles. The summed E-state index contributed by atoms with van der Waals surface area (Å²) >= 11 is 1.41. The van der Waals surface area contributed by atoms with E-state index >= 15 is 0 Å². The van der Waals surface area contributed by atoms with Crippen molar-refractivity contribution in [3.8, 4) is 11.3 Å². The van der Waals surface area contributed by atoms with Gasteiger partial charge in [0.25, 0.3) is 6.17 Å². The van der Waals surface area contributed by atoms with Crippen LogP contribution in [0.2, 0.25) is 0 Å². The summed E-state index contributed by atoms with van der Waals surface area (Å²) in [6.45, 7) is 4.97. The van der Waals surface area contributed by atoms with Crippen molar-refractivity contribution in [3.05, 3.63) is 70.6 Å². The normalized spacial score (nSPS) is 14.8. The standard InChI is InChI=1S/C24H21N5O3S/c1-4-33-24-25-22(32)21-17-10-6-8-12-20(17)28(15(3)31)23(29(21)26-24)18-13-27(14(2)30)19-11-7-5-9-16(18)19/h5-13,23H,4H2,1-3H3/p+1/t23-/m1/s1. The Hall–Kier alpha value is -3.72. The van der Waals surface area contributed by atoms with Crippen LogP contribution in [0.1, 0.15) is 37.3 Å². The van der Waals surface area contributed by atoms with E-state index in [9.17, 15) is 14.4 Å². The van der Waals surface area contributed by atoms with Crippen LogP contribution in [-0.2, 0) is 4.79 Å². The predicted molar refractivity (Wildman–Crippen MR) is 126 cm³/mol. The number of anilines is 1. The highest BCUT2D eigenvalue weighted by Crippen LogP contribution is 2.39. The molecule has 9 heteroatoms. The Morgan fingerprint density at radius 3 is 2.55 bits per heavy atom. The Morgan fingerprint density at radius 2 is 1.82 bits per heavy atom. The summed E-state index contributed by atoms with van der Waals surface area (Å²) < 4.78 is 3.19. The topological polar surface area (TPSA) is 91.9 Å². The summed E-state index contributed by atoms with van der Waals surface area (Å²) in [5.41, 5.74) is 2.78. The van der Waals surface area contributed by atoms with E-state index in [2.05, 4.69) is 4.98 Å². The van der Waals surface area contributed by atoms with Gasteiger partial charge in [-0.3, -0.25) is 23.9 Å². The van der Waals surface area contributed by atoms with E-state index in [1.54, 1.807) is 20.3 Å². The number of amides is 1. The molecule has 166 valence electrons. The lowest BCUT2D eigenvalue weighted by molar-refractivity contribution is -0.762. The van der Waals surface area contributed by atoms with Crippen LogP contribution in [0.15, 0.2) is 64.7 Å².